The zero-order valence-corrected chi connectivity index (χ0v) is 11.5. The van der Waals surface area contributed by atoms with Gasteiger partial charge in [0, 0.05) is 6.04 Å². The summed E-state index contributed by atoms with van der Waals surface area (Å²) in [5.41, 5.74) is 16.2. The number of nitrogens with one attached hydrogen (secondary N) is 1. The SMILES string of the molecule is NC(N)=NC(N)=Nc1cccc(S(=O)(=O)NC2CC2)c1. The summed E-state index contributed by atoms with van der Waals surface area (Å²) in [5, 5.41) is 0. The minimum atomic E-state index is -3.52. The fourth-order valence-corrected chi connectivity index (χ4v) is 2.84. The number of aliphatic imine (C=N–C) groups is 2. The second-order valence-electron chi connectivity index (χ2n) is 4.40. The number of sulfonamides is 1. The number of rotatable bonds is 4. The van der Waals surface area contributed by atoms with Crippen LogP contribution in [0.5, 0.6) is 0 Å². The average Bonchev–Trinajstić information content (AvgIpc) is 3.11. The molecule has 2 rings (SSSR count). The van der Waals surface area contributed by atoms with Crippen molar-refractivity contribution in [2.45, 2.75) is 23.8 Å². The molecule has 0 spiro atoms. The van der Waals surface area contributed by atoms with Crippen molar-refractivity contribution >= 4 is 27.6 Å². The molecule has 0 saturated heterocycles. The number of hydrogen-bond donors (Lipinski definition) is 4. The van der Waals surface area contributed by atoms with Gasteiger partial charge in [-0.15, -0.1) is 0 Å². The molecule has 0 atom stereocenters. The van der Waals surface area contributed by atoms with Gasteiger partial charge in [0.05, 0.1) is 10.6 Å². The van der Waals surface area contributed by atoms with E-state index in [1.54, 1.807) is 12.1 Å². The lowest BCUT2D eigenvalue weighted by atomic mass is 10.3. The second kappa shape index (κ2) is 5.47. The van der Waals surface area contributed by atoms with Crippen molar-refractivity contribution in [3.05, 3.63) is 24.3 Å². The summed E-state index contributed by atoms with van der Waals surface area (Å²) in [5.74, 6) is -0.361. The highest BCUT2D eigenvalue weighted by atomic mass is 32.2. The number of nitrogens with two attached hydrogens (primary N) is 3. The van der Waals surface area contributed by atoms with Crippen molar-refractivity contribution in [3.63, 3.8) is 0 Å². The predicted molar refractivity (Wildman–Crippen MR) is 76.9 cm³/mol. The first kappa shape index (κ1) is 14.3. The highest BCUT2D eigenvalue weighted by Gasteiger charge is 2.27. The molecule has 1 aliphatic rings. The third kappa shape index (κ3) is 3.93. The van der Waals surface area contributed by atoms with Crippen LogP contribution in [0.3, 0.4) is 0 Å². The van der Waals surface area contributed by atoms with Gasteiger partial charge in [0.1, 0.15) is 0 Å². The predicted octanol–water partition coefficient (Wildman–Crippen LogP) is -0.653. The minimum absolute atomic E-state index is 0.0406. The molecule has 0 aliphatic heterocycles. The van der Waals surface area contributed by atoms with Crippen LogP contribution in [0.4, 0.5) is 5.69 Å². The molecule has 0 radical (unpaired) electrons. The van der Waals surface area contributed by atoms with E-state index in [2.05, 4.69) is 14.7 Å². The molecule has 8 nitrogen and oxygen atoms in total. The maximum atomic E-state index is 12.0. The van der Waals surface area contributed by atoms with Crippen LogP contribution in [0.25, 0.3) is 0 Å². The summed E-state index contributed by atoms with van der Waals surface area (Å²) in [6.45, 7) is 0. The monoisotopic (exact) mass is 296 g/mol. The van der Waals surface area contributed by atoms with Crippen LogP contribution in [0, 0.1) is 0 Å². The first-order valence-electron chi connectivity index (χ1n) is 5.93. The van der Waals surface area contributed by atoms with Gasteiger partial charge in [-0.05, 0) is 31.0 Å². The van der Waals surface area contributed by atoms with Gasteiger partial charge >= 0.3 is 0 Å². The summed E-state index contributed by atoms with van der Waals surface area (Å²) in [4.78, 5) is 7.61. The van der Waals surface area contributed by atoms with E-state index in [0.717, 1.165) is 12.8 Å². The Bertz CT molecular complexity index is 659. The van der Waals surface area contributed by atoms with Crippen LogP contribution in [-0.2, 0) is 10.0 Å². The van der Waals surface area contributed by atoms with Gasteiger partial charge in [-0.2, -0.15) is 4.99 Å². The lowest BCUT2D eigenvalue weighted by molar-refractivity contribution is 0.581. The van der Waals surface area contributed by atoms with Gasteiger partial charge < -0.3 is 17.2 Å². The Hall–Kier alpha value is -2.13. The van der Waals surface area contributed by atoms with Crippen molar-refractivity contribution in [1.82, 2.24) is 4.72 Å². The Labute approximate surface area is 116 Å². The van der Waals surface area contributed by atoms with Crippen LogP contribution < -0.4 is 21.9 Å². The van der Waals surface area contributed by atoms with E-state index in [1.807, 2.05) is 0 Å². The molecule has 1 saturated carbocycles. The second-order valence-corrected chi connectivity index (χ2v) is 6.11. The molecule has 0 heterocycles. The highest BCUT2D eigenvalue weighted by Crippen LogP contribution is 2.23. The van der Waals surface area contributed by atoms with Crippen LogP contribution in [0.1, 0.15) is 12.8 Å². The van der Waals surface area contributed by atoms with E-state index < -0.39 is 10.0 Å². The van der Waals surface area contributed by atoms with Gasteiger partial charge in [-0.25, -0.2) is 18.1 Å². The van der Waals surface area contributed by atoms with Gasteiger partial charge in [0.15, 0.2) is 5.96 Å². The highest BCUT2D eigenvalue weighted by molar-refractivity contribution is 7.89. The molecule has 9 heteroatoms. The van der Waals surface area contributed by atoms with Gasteiger partial charge in [0.25, 0.3) is 0 Å². The Morgan fingerprint density at radius 1 is 1.25 bits per heavy atom. The Morgan fingerprint density at radius 2 is 1.95 bits per heavy atom. The quantitative estimate of drug-likeness (QED) is 0.430. The van der Waals surface area contributed by atoms with Crippen LogP contribution >= 0.6 is 0 Å². The van der Waals surface area contributed by atoms with Crippen molar-refractivity contribution in [2.24, 2.45) is 27.2 Å². The summed E-state index contributed by atoms with van der Waals surface area (Å²) in [6, 6.07) is 6.10. The zero-order valence-electron chi connectivity index (χ0n) is 10.7. The molecule has 1 aromatic rings. The van der Waals surface area contributed by atoms with Gasteiger partial charge in [-0.1, -0.05) is 6.07 Å². The molecule has 0 amide bonds. The first-order chi connectivity index (χ1) is 9.37. The summed E-state index contributed by atoms with van der Waals surface area (Å²) >= 11 is 0. The normalized spacial score (nSPS) is 15.9. The maximum absolute atomic E-state index is 12.0. The van der Waals surface area contributed by atoms with Crippen LogP contribution in [-0.4, -0.2) is 26.4 Å². The molecule has 0 bridgehead atoms. The molecule has 20 heavy (non-hydrogen) atoms. The van der Waals surface area contributed by atoms with Crippen molar-refractivity contribution in [2.75, 3.05) is 0 Å². The maximum Gasteiger partial charge on any atom is 0.240 e. The number of guanidine groups is 2. The lowest BCUT2D eigenvalue weighted by Crippen LogP contribution is -2.26. The van der Waals surface area contributed by atoms with Crippen LogP contribution in [0.15, 0.2) is 39.1 Å². The summed E-state index contributed by atoms with van der Waals surface area (Å²) < 4.78 is 26.7. The largest absolute Gasteiger partial charge is 0.370 e. The Morgan fingerprint density at radius 3 is 2.55 bits per heavy atom. The van der Waals surface area contributed by atoms with E-state index in [9.17, 15) is 8.42 Å². The fraction of sp³-hybridized carbons (Fsp3) is 0.273. The minimum Gasteiger partial charge on any atom is -0.370 e. The van der Waals surface area contributed by atoms with E-state index in [1.165, 1.54) is 12.1 Å². The molecule has 1 aromatic carbocycles. The lowest BCUT2D eigenvalue weighted by Gasteiger charge is -2.05. The van der Waals surface area contributed by atoms with E-state index in [4.69, 9.17) is 17.2 Å². The van der Waals surface area contributed by atoms with E-state index >= 15 is 0 Å². The fourth-order valence-electron chi connectivity index (χ4n) is 1.50. The van der Waals surface area contributed by atoms with E-state index in [-0.39, 0.29) is 22.9 Å². The number of benzene rings is 1. The molecule has 0 aromatic heterocycles. The standard InChI is InChI=1S/C11H16N6O2S/c12-10(13)16-11(14)15-8-2-1-3-9(6-8)20(18,19)17-7-4-5-7/h1-3,6-7,17H,4-5H2,(H6,12,13,14,15,16). The molecular formula is C11H16N6O2S. The summed E-state index contributed by atoms with van der Waals surface area (Å²) in [7, 11) is -3.52. The molecule has 1 fully saturated rings. The molecular weight excluding hydrogens is 280 g/mol. The smallest absolute Gasteiger partial charge is 0.240 e. The Balaban J connectivity index is 2.25. The van der Waals surface area contributed by atoms with Gasteiger partial charge in [0.2, 0.25) is 16.0 Å². The molecule has 1 aliphatic carbocycles. The van der Waals surface area contributed by atoms with Crippen molar-refractivity contribution in [3.8, 4) is 0 Å². The zero-order chi connectivity index (χ0) is 14.8. The average molecular weight is 296 g/mol. The van der Waals surface area contributed by atoms with Crippen molar-refractivity contribution < 1.29 is 8.42 Å². The Kier molecular flexibility index (Phi) is 3.91. The molecule has 7 N–H and O–H groups in total. The third-order valence-corrected chi connectivity index (χ3v) is 4.03. The van der Waals surface area contributed by atoms with E-state index in [0.29, 0.717) is 5.69 Å². The third-order valence-electron chi connectivity index (χ3n) is 2.51. The molecule has 108 valence electrons. The molecule has 0 unspecified atom stereocenters. The topological polar surface area (TPSA) is 149 Å². The van der Waals surface area contributed by atoms with Crippen molar-refractivity contribution in [1.29, 1.82) is 0 Å². The first-order valence-corrected chi connectivity index (χ1v) is 7.41. The number of hydrogen-bond acceptors (Lipinski definition) is 3. The number of nitrogens with zero attached hydrogens (tertiary/aromatic N) is 2. The summed E-state index contributed by atoms with van der Waals surface area (Å²) in [6.07, 6.45) is 1.74. The van der Waals surface area contributed by atoms with Gasteiger partial charge in [-0.3, -0.25) is 0 Å². The van der Waals surface area contributed by atoms with Crippen LogP contribution in [0.2, 0.25) is 0 Å².